The molecule has 3 aromatic rings. The average molecular weight is 423 g/mol. The highest BCUT2D eigenvalue weighted by molar-refractivity contribution is 7.13. The zero-order valence-electron chi connectivity index (χ0n) is 16.2. The van der Waals surface area contributed by atoms with Gasteiger partial charge in [-0.05, 0) is 31.9 Å². The summed E-state index contributed by atoms with van der Waals surface area (Å²) in [7, 11) is 0. The Bertz CT molecular complexity index is 1180. The van der Waals surface area contributed by atoms with E-state index < -0.39 is 0 Å². The summed E-state index contributed by atoms with van der Waals surface area (Å²) in [4.78, 5) is 15.4. The van der Waals surface area contributed by atoms with Crippen LogP contribution in [0.2, 0.25) is 0 Å². The predicted octanol–water partition coefficient (Wildman–Crippen LogP) is 6.01. The molecule has 0 unspecified atom stereocenters. The van der Waals surface area contributed by atoms with E-state index in [1.165, 1.54) is 41.9 Å². The van der Waals surface area contributed by atoms with Crippen LogP contribution in [0.25, 0.3) is 11.6 Å². The second-order valence-electron chi connectivity index (χ2n) is 7.49. The number of para-hydroxylation sites is 1. The molecule has 1 aromatic carbocycles. The molecular formula is C22H22N4OS2. The van der Waals surface area contributed by atoms with Crippen molar-refractivity contribution in [2.24, 2.45) is 9.98 Å². The molecule has 0 atom stereocenters. The Labute approximate surface area is 177 Å². The van der Waals surface area contributed by atoms with Crippen molar-refractivity contribution >= 4 is 51.4 Å². The lowest BCUT2D eigenvalue weighted by Crippen LogP contribution is -2.22. The summed E-state index contributed by atoms with van der Waals surface area (Å²) in [6.07, 6.45) is 9.71. The summed E-state index contributed by atoms with van der Waals surface area (Å²) < 4.78 is 2.03. The quantitative estimate of drug-likeness (QED) is 0.561. The maximum Gasteiger partial charge on any atom is 0.211 e. The summed E-state index contributed by atoms with van der Waals surface area (Å²) >= 11 is 3.06. The molecule has 0 spiro atoms. The van der Waals surface area contributed by atoms with E-state index in [-0.39, 0.29) is 6.04 Å². The minimum Gasteiger partial charge on any atom is -0.493 e. The number of aryl methyl sites for hydroxylation is 1. The van der Waals surface area contributed by atoms with Crippen LogP contribution >= 0.6 is 22.7 Å². The lowest BCUT2D eigenvalue weighted by Gasteiger charge is -2.23. The molecular weight excluding hydrogens is 400 g/mol. The van der Waals surface area contributed by atoms with E-state index in [0.717, 1.165) is 50.2 Å². The molecule has 0 radical (unpaired) electrons. The van der Waals surface area contributed by atoms with Gasteiger partial charge in [0.25, 0.3) is 0 Å². The third-order valence-corrected chi connectivity index (χ3v) is 7.28. The maximum atomic E-state index is 11.2. The number of aliphatic imine (C=N–C) groups is 1. The van der Waals surface area contributed by atoms with Crippen molar-refractivity contribution in [2.45, 2.75) is 45.1 Å². The standard InChI is InChI=1S/C22H22N4OS2/c1-14-13-28-21(24-14)25-22-26(16-7-3-2-4-8-16)20(27)19(29-22)11-15-12-23-18-10-6-5-9-17(15)18/h5-6,9-13,16,27H,2-4,7-8H2,1H3/b15-11+,25-22+. The van der Waals surface area contributed by atoms with Crippen LogP contribution in [0, 0.1) is 6.92 Å². The first-order chi connectivity index (χ1) is 14.2. The van der Waals surface area contributed by atoms with E-state index in [2.05, 4.69) is 16.0 Å². The van der Waals surface area contributed by atoms with Crippen LogP contribution in [0.4, 0.5) is 10.8 Å². The van der Waals surface area contributed by atoms with Gasteiger partial charge in [0, 0.05) is 28.8 Å². The largest absolute Gasteiger partial charge is 0.493 e. The lowest BCUT2D eigenvalue weighted by molar-refractivity contribution is 0.307. The molecule has 29 heavy (non-hydrogen) atoms. The fraction of sp³-hybridized carbons (Fsp3) is 0.318. The van der Waals surface area contributed by atoms with E-state index in [0.29, 0.717) is 5.88 Å². The monoisotopic (exact) mass is 422 g/mol. The minimum absolute atomic E-state index is 0.288. The predicted molar refractivity (Wildman–Crippen MR) is 121 cm³/mol. The van der Waals surface area contributed by atoms with Crippen molar-refractivity contribution < 1.29 is 5.11 Å². The third-order valence-electron chi connectivity index (χ3n) is 5.44. The number of rotatable bonds is 3. The van der Waals surface area contributed by atoms with Gasteiger partial charge in [-0.1, -0.05) is 48.8 Å². The van der Waals surface area contributed by atoms with Crippen LogP contribution in [0.5, 0.6) is 5.88 Å². The van der Waals surface area contributed by atoms with Gasteiger partial charge in [0.05, 0.1) is 16.3 Å². The molecule has 1 aliphatic carbocycles. The molecule has 1 fully saturated rings. The molecule has 7 heteroatoms. The van der Waals surface area contributed by atoms with E-state index >= 15 is 0 Å². The minimum atomic E-state index is 0.288. The Balaban J connectivity index is 1.63. The van der Waals surface area contributed by atoms with Crippen molar-refractivity contribution in [3.8, 4) is 5.88 Å². The van der Waals surface area contributed by atoms with Crippen LogP contribution in [0.3, 0.4) is 0 Å². The molecule has 5 rings (SSSR count). The van der Waals surface area contributed by atoms with Crippen LogP contribution in [-0.2, 0) is 0 Å². The highest BCUT2D eigenvalue weighted by Gasteiger charge is 2.23. The fourth-order valence-corrected chi connectivity index (χ4v) is 5.77. The first-order valence-electron chi connectivity index (χ1n) is 9.95. The number of fused-ring (bicyclic) bond motifs is 1. The molecule has 0 bridgehead atoms. The van der Waals surface area contributed by atoms with Crippen LogP contribution < -0.4 is 4.80 Å². The third kappa shape index (κ3) is 3.60. The van der Waals surface area contributed by atoms with Crippen molar-refractivity contribution in [2.75, 3.05) is 0 Å². The van der Waals surface area contributed by atoms with Gasteiger partial charge in [0.15, 0.2) is 4.80 Å². The Hall–Kier alpha value is -2.51. The molecule has 5 nitrogen and oxygen atoms in total. The second-order valence-corrected chi connectivity index (χ2v) is 9.34. The molecule has 0 amide bonds. The number of hydrogen-bond donors (Lipinski definition) is 1. The number of allylic oxidation sites excluding steroid dienone is 1. The zero-order valence-corrected chi connectivity index (χ0v) is 17.8. The smallest absolute Gasteiger partial charge is 0.211 e. The van der Waals surface area contributed by atoms with Crippen molar-refractivity contribution in [3.63, 3.8) is 0 Å². The molecule has 1 saturated carbocycles. The van der Waals surface area contributed by atoms with Crippen LogP contribution in [-0.4, -0.2) is 20.9 Å². The fourth-order valence-electron chi connectivity index (χ4n) is 4.01. The van der Waals surface area contributed by atoms with Gasteiger partial charge >= 0.3 is 0 Å². The van der Waals surface area contributed by atoms with Gasteiger partial charge in [-0.25, -0.2) is 4.98 Å². The van der Waals surface area contributed by atoms with Crippen molar-refractivity contribution in [1.82, 2.24) is 9.55 Å². The number of aromatic hydroxyl groups is 1. The Morgan fingerprint density at radius 1 is 1.21 bits per heavy atom. The van der Waals surface area contributed by atoms with Crippen molar-refractivity contribution in [3.05, 3.63) is 50.6 Å². The number of aromatic nitrogens is 2. The first-order valence-corrected chi connectivity index (χ1v) is 11.6. The normalized spacial score (nSPS) is 18.7. The Morgan fingerprint density at radius 3 is 2.83 bits per heavy atom. The van der Waals surface area contributed by atoms with E-state index in [1.54, 1.807) is 0 Å². The van der Waals surface area contributed by atoms with Crippen LogP contribution in [0.15, 0.2) is 39.6 Å². The topological polar surface area (TPSA) is 62.8 Å². The van der Waals surface area contributed by atoms with Gasteiger partial charge in [-0.3, -0.25) is 9.56 Å². The lowest BCUT2D eigenvalue weighted by atomic mass is 9.95. The second kappa shape index (κ2) is 7.72. The molecule has 1 N–H and O–H groups in total. The molecule has 0 saturated heterocycles. The summed E-state index contributed by atoms with van der Waals surface area (Å²) in [5.41, 5.74) is 4.06. The Morgan fingerprint density at radius 2 is 2.03 bits per heavy atom. The molecule has 3 heterocycles. The first kappa shape index (κ1) is 18.5. The van der Waals surface area contributed by atoms with Gasteiger partial charge in [-0.15, -0.1) is 11.3 Å². The molecule has 148 valence electrons. The van der Waals surface area contributed by atoms with Gasteiger partial charge in [0.1, 0.15) is 0 Å². The molecule has 2 aromatic heterocycles. The van der Waals surface area contributed by atoms with Crippen molar-refractivity contribution in [1.29, 1.82) is 0 Å². The highest BCUT2D eigenvalue weighted by atomic mass is 32.1. The summed E-state index contributed by atoms with van der Waals surface area (Å²) in [5.74, 6) is 0.305. The SMILES string of the molecule is Cc1csc(/N=c2/sc(/C=C3\C=Nc4ccccc43)c(O)n2C2CCCCC2)n1. The zero-order chi connectivity index (χ0) is 19.8. The number of nitrogens with zero attached hydrogens (tertiary/aromatic N) is 4. The van der Waals surface area contributed by atoms with Gasteiger partial charge in [-0.2, -0.15) is 4.99 Å². The number of hydrogen-bond acceptors (Lipinski definition) is 6. The van der Waals surface area contributed by atoms with Crippen LogP contribution in [0.1, 0.15) is 54.3 Å². The Kier molecular flexibility index (Phi) is 4.93. The summed E-state index contributed by atoms with van der Waals surface area (Å²) in [6, 6.07) is 8.37. The maximum absolute atomic E-state index is 11.2. The van der Waals surface area contributed by atoms with E-state index in [1.807, 2.05) is 47.4 Å². The van der Waals surface area contributed by atoms with E-state index in [9.17, 15) is 5.11 Å². The molecule has 2 aliphatic rings. The van der Waals surface area contributed by atoms with Gasteiger partial charge in [0.2, 0.25) is 11.0 Å². The van der Waals surface area contributed by atoms with E-state index in [4.69, 9.17) is 4.99 Å². The average Bonchev–Trinajstić information content (AvgIpc) is 3.42. The molecule has 1 aliphatic heterocycles. The summed E-state index contributed by atoms with van der Waals surface area (Å²) in [6.45, 7) is 1.98. The van der Waals surface area contributed by atoms with Gasteiger partial charge < -0.3 is 5.11 Å². The highest BCUT2D eigenvalue weighted by Crippen LogP contribution is 2.37. The summed E-state index contributed by atoms with van der Waals surface area (Å²) in [5, 5.41) is 13.9. The number of thiazole rings is 2. The number of benzene rings is 1.